The van der Waals surface area contributed by atoms with Gasteiger partial charge >= 0.3 is 0 Å². The molecule has 1 heterocycles. The van der Waals surface area contributed by atoms with Crippen molar-refractivity contribution in [3.05, 3.63) is 71.1 Å². The summed E-state index contributed by atoms with van der Waals surface area (Å²) in [6, 6.07) is 0. The zero-order chi connectivity index (χ0) is 22.2. The number of rotatable bonds is 6. The molecule has 12 heteroatoms. The van der Waals surface area contributed by atoms with Gasteiger partial charge < -0.3 is 9.88 Å². The molecule has 0 saturated carbocycles. The predicted molar refractivity (Wildman–Crippen MR) is 86.8 cm³/mol. The van der Waals surface area contributed by atoms with Crippen LogP contribution < -0.4 is 5.32 Å². The quantitative estimate of drug-likeness (QED) is 0.244. The van der Waals surface area contributed by atoms with Gasteiger partial charge in [-0.15, -0.1) is 0 Å². The summed E-state index contributed by atoms with van der Waals surface area (Å²) in [6.45, 7) is 0.163. The van der Waals surface area contributed by atoms with E-state index in [1.54, 1.807) is 10.8 Å². The van der Waals surface area contributed by atoms with Crippen molar-refractivity contribution in [3.8, 4) is 11.1 Å². The Bertz CT molecular complexity index is 1040. The molecule has 2 aromatic carbocycles. The maximum absolute atomic E-state index is 14.3. The molecule has 3 rings (SSSR count). The zero-order valence-electron chi connectivity index (χ0n) is 14.6. The molecule has 0 amide bonds. The van der Waals surface area contributed by atoms with Crippen LogP contribution in [0.2, 0.25) is 0 Å². The number of hydrogen-bond acceptors (Lipinski definition) is 2. The summed E-state index contributed by atoms with van der Waals surface area (Å²) >= 11 is 0. The molecule has 0 aliphatic rings. The van der Waals surface area contributed by atoms with Gasteiger partial charge in [-0.25, -0.2) is 44.5 Å². The Hall–Kier alpha value is -3.18. The van der Waals surface area contributed by atoms with E-state index in [9.17, 15) is 39.5 Å². The highest BCUT2D eigenvalue weighted by Gasteiger charge is 2.34. The van der Waals surface area contributed by atoms with Gasteiger partial charge in [-0.2, -0.15) is 0 Å². The molecule has 160 valence electrons. The molecule has 30 heavy (non-hydrogen) atoms. The van der Waals surface area contributed by atoms with Crippen LogP contribution in [0.4, 0.5) is 45.2 Å². The summed E-state index contributed by atoms with van der Waals surface area (Å²) in [5, 5.41) is 2.11. The first-order valence-electron chi connectivity index (χ1n) is 8.24. The summed E-state index contributed by atoms with van der Waals surface area (Å²) < 4.78 is 126. The Labute approximate surface area is 162 Å². The third-order valence-corrected chi connectivity index (χ3v) is 4.18. The molecule has 0 aliphatic heterocycles. The van der Waals surface area contributed by atoms with Crippen LogP contribution in [0.5, 0.6) is 0 Å². The number of aryl methyl sites for hydroxylation is 1. The van der Waals surface area contributed by atoms with Crippen LogP contribution in [0.3, 0.4) is 0 Å². The molecule has 0 fully saturated rings. The Balaban J connectivity index is 2.00. The number of aromatic nitrogens is 2. The molecular formula is C18H10F9N3. The van der Waals surface area contributed by atoms with Crippen molar-refractivity contribution in [1.82, 2.24) is 9.55 Å². The van der Waals surface area contributed by atoms with Crippen molar-refractivity contribution in [2.75, 3.05) is 11.9 Å². The van der Waals surface area contributed by atoms with Gasteiger partial charge in [0.05, 0.1) is 17.5 Å². The van der Waals surface area contributed by atoms with E-state index in [0.717, 1.165) is 0 Å². The van der Waals surface area contributed by atoms with Gasteiger partial charge in [-0.1, -0.05) is 0 Å². The summed E-state index contributed by atoms with van der Waals surface area (Å²) in [5.74, 6) is -21.7. The number of benzene rings is 2. The summed E-state index contributed by atoms with van der Waals surface area (Å²) in [7, 11) is 0. The second kappa shape index (κ2) is 8.28. The SMILES string of the molecule is Fc1c(F)c(F)c(-c2c(F)c(F)c(NCCCn3ccnc3)c(F)c2F)c(F)c1F. The molecule has 3 nitrogen and oxygen atoms in total. The van der Waals surface area contributed by atoms with Gasteiger partial charge in [-0.3, -0.25) is 0 Å². The fourth-order valence-electron chi connectivity index (χ4n) is 2.72. The second-order valence-electron chi connectivity index (χ2n) is 6.03. The maximum Gasteiger partial charge on any atom is 0.200 e. The summed E-state index contributed by atoms with van der Waals surface area (Å²) in [5.41, 5.74) is -5.46. The van der Waals surface area contributed by atoms with Gasteiger partial charge in [0.25, 0.3) is 0 Å². The number of nitrogens with zero attached hydrogens (tertiary/aromatic N) is 2. The first-order chi connectivity index (χ1) is 14.2. The molecule has 0 spiro atoms. The van der Waals surface area contributed by atoms with Crippen molar-refractivity contribution in [1.29, 1.82) is 0 Å². The normalized spacial score (nSPS) is 11.2. The molecule has 0 bridgehead atoms. The molecule has 3 aromatic rings. The van der Waals surface area contributed by atoms with E-state index in [-0.39, 0.29) is 13.0 Å². The topological polar surface area (TPSA) is 29.9 Å². The minimum atomic E-state index is -2.61. The van der Waals surface area contributed by atoms with Crippen LogP contribution in [0, 0.1) is 52.4 Å². The van der Waals surface area contributed by atoms with Crippen LogP contribution in [-0.4, -0.2) is 16.1 Å². The molecule has 0 saturated heterocycles. The highest BCUT2D eigenvalue weighted by atomic mass is 19.2. The summed E-state index contributed by atoms with van der Waals surface area (Å²) in [4.78, 5) is 3.77. The average molecular weight is 439 g/mol. The monoisotopic (exact) mass is 439 g/mol. The largest absolute Gasteiger partial charge is 0.380 e. The van der Waals surface area contributed by atoms with Gasteiger partial charge in [-0.05, 0) is 6.42 Å². The maximum atomic E-state index is 14.3. The number of halogens is 9. The van der Waals surface area contributed by atoms with Crippen molar-refractivity contribution in [2.24, 2.45) is 0 Å². The first kappa shape index (κ1) is 21.5. The number of nitrogens with one attached hydrogen (secondary N) is 1. The second-order valence-corrected chi connectivity index (χ2v) is 6.03. The van der Waals surface area contributed by atoms with Crippen LogP contribution in [0.25, 0.3) is 11.1 Å². The van der Waals surface area contributed by atoms with Gasteiger partial charge in [0.1, 0.15) is 5.69 Å². The number of anilines is 1. The molecule has 0 atom stereocenters. The molecular weight excluding hydrogens is 429 g/mol. The van der Waals surface area contributed by atoms with Crippen LogP contribution in [0.1, 0.15) is 6.42 Å². The lowest BCUT2D eigenvalue weighted by Crippen LogP contribution is -2.13. The van der Waals surface area contributed by atoms with Crippen molar-refractivity contribution < 1.29 is 39.5 Å². The lowest BCUT2D eigenvalue weighted by atomic mass is 10.0. The van der Waals surface area contributed by atoms with E-state index < -0.39 is 69.2 Å². The molecule has 0 unspecified atom stereocenters. The van der Waals surface area contributed by atoms with E-state index in [1.807, 2.05) is 0 Å². The van der Waals surface area contributed by atoms with Crippen molar-refractivity contribution in [3.63, 3.8) is 0 Å². The van der Waals surface area contributed by atoms with Crippen molar-refractivity contribution in [2.45, 2.75) is 13.0 Å². The van der Waals surface area contributed by atoms with E-state index in [1.165, 1.54) is 12.5 Å². The molecule has 1 N–H and O–H groups in total. The minimum Gasteiger partial charge on any atom is -0.380 e. The van der Waals surface area contributed by atoms with E-state index in [2.05, 4.69) is 10.3 Å². The average Bonchev–Trinajstić information content (AvgIpc) is 3.24. The van der Waals surface area contributed by atoms with E-state index in [0.29, 0.717) is 6.54 Å². The minimum absolute atomic E-state index is 0.174. The molecule has 1 aromatic heterocycles. The van der Waals surface area contributed by atoms with Crippen LogP contribution >= 0.6 is 0 Å². The Morgan fingerprint density at radius 1 is 0.667 bits per heavy atom. The smallest absolute Gasteiger partial charge is 0.200 e. The summed E-state index contributed by atoms with van der Waals surface area (Å²) in [6.07, 6.45) is 4.77. The number of hydrogen-bond donors (Lipinski definition) is 1. The number of imidazole rings is 1. The third kappa shape index (κ3) is 3.57. The third-order valence-electron chi connectivity index (χ3n) is 4.18. The highest BCUT2D eigenvalue weighted by molar-refractivity contribution is 5.70. The lowest BCUT2D eigenvalue weighted by molar-refractivity contribution is 0.379. The fourth-order valence-corrected chi connectivity index (χ4v) is 2.72. The van der Waals surface area contributed by atoms with Crippen LogP contribution in [-0.2, 0) is 6.54 Å². The van der Waals surface area contributed by atoms with Gasteiger partial charge in [0.2, 0.25) is 5.82 Å². The molecule has 0 aliphatic carbocycles. The van der Waals surface area contributed by atoms with Crippen molar-refractivity contribution >= 4 is 5.69 Å². The molecule has 0 radical (unpaired) electrons. The van der Waals surface area contributed by atoms with Gasteiger partial charge in [0.15, 0.2) is 46.5 Å². The Morgan fingerprint density at radius 2 is 1.13 bits per heavy atom. The van der Waals surface area contributed by atoms with Gasteiger partial charge in [0, 0.05) is 25.5 Å². The fraction of sp³-hybridized carbons (Fsp3) is 0.167. The highest BCUT2D eigenvalue weighted by Crippen LogP contribution is 2.39. The van der Waals surface area contributed by atoms with E-state index >= 15 is 0 Å². The predicted octanol–water partition coefficient (Wildman–Crippen LogP) is 5.30. The zero-order valence-corrected chi connectivity index (χ0v) is 14.6. The standard InChI is InChI=1S/C18H10F9N3/c19-9-7(10(20)14(24)15(25)13(9)23)8-11(21)16(26)18(17(27)12(8)22)29-2-1-4-30-5-3-28-6-30/h3,5-6,29H,1-2,4H2. The Kier molecular flexibility index (Phi) is 5.94. The van der Waals surface area contributed by atoms with Crippen LogP contribution in [0.15, 0.2) is 18.7 Å². The Morgan fingerprint density at radius 3 is 1.60 bits per heavy atom. The first-order valence-corrected chi connectivity index (χ1v) is 8.24. The van der Waals surface area contributed by atoms with E-state index in [4.69, 9.17) is 0 Å². The lowest BCUT2D eigenvalue weighted by Gasteiger charge is -2.15.